The third kappa shape index (κ3) is 2.46. The first-order chi connectivity index (χ1) is 10.00. The van der Waals surface area contributed by atoms with Crippen LogP contribution in [0.2, 0.25) is 0 Å². The van der Waals surface area contributed by atoms with E-state index in [4.69, 9.17) is 5.73 Å². The van der Waals surface area contributed by atoms with Crippen LogP contribution in [0.4, 0.5) is 4.39 Å². The van der Waals surface area contributed by atoms with E-state index in [1.165, 1.54) is 17.7 Å². The minimum atomic E-state index is -0.225. The lowest BCUT2D eigenvalue weighted by Gasteiger charge is -2.36. The molecule has 3 rings (SSSR count). The van der Waals surface area contributed by atoms with Crippen molar-refractivity contribution >= 4 is 0 Å². The van der Waals surface area contributed by atoms with Gasteiger partial charge >= 0.3 is 0 Å². The van der Waals surface area contributed by atoms with Gasteiger partial charge in [0.05, 0.1) is 0 Å². The van der Waals surface area contributed by atoms with E-state index in [1.54, 1.807) is 0 Å². The molecule has 110 valence electrons. The molecule has 0 radical (unpaired) electrons. The van der Waals surface area contributed by atoms with E-state index in [1.807, 2.05) is 24.4 Å². The lowest BCUT2D eigenvalue weighted by molar-refractivity contribution is 0.348. The minimum Gasteiger partial charge on any atom is -0.326 e. The number of pyridine rings is 1. The molecule has 2 nitrogen and oxygen atoms in total. The van der Waals surface area contributed by atoms with Gasteiger partial charge in [0.25, 0.3) is 0 Å². The van der Waals surface area contributed by atoms with Gasteiger partial charge in [-0.1, -0.05) is 32.0 Å². The van der Waals surface area contributed by atoms with Crippen LogP contribution in [0.25, 0.3) is 0 Å². The average Bonchev–Trinajstić information content (AvgIpc) is 2.90. The van der Waals surface area contributed by atoms with Crippen LogP contribution in [0.15, 0.2) is 42.6 Å². The number of fused-ring (bicyclic) bond motifs is 1. The van der Waals surface area contributed by atoms with Crippen LogP contribution in [0.5, 0.6) is 0 Å². The van der Waals surface area contributed by atoms with Gasteiger partial charge in [-0.15, -0.1) is 0 Å². The van der Waals surface area contributed by atoms with Gasteiger partial charge in [-0.25, -0.2) is 4.39 Å². The molecule has 21 heavy (non-hydrogen) atoms. The SMILES string of the molecule is CC(C)(c1ccc(F)cc1)C(N)C1CCc2cccnc21. The molecule has 2 unspecified atom stereocenters. The second kappa shape index (κ2) is 5.23. The number of nitrogens with zero attached hydrogens (tertiary/aromatic N) is 1. The zero-order valence-electron chi connectivity index (χ0n) is 12.5. The maximum absolute atomic E-state index is 13.1. The van der Waals surface area contributed by atoms with Gasteiger partial charge < -0.3 is 5.73 Å². The number of aryl methyl sites for hydroxylation is 1. The molecular formula is C18H21FN2. The number of aromatic nitrogens is 1. The monoisotopic (exact) mass is 284 g/mol. The summed E-state index contributed by atoms with van der Waals surface area (Å²) in [6.07, 6.45) is 3.92. The minimum absolute atomic E-state index is 0.0425. The first kappa shape index (κ1) is 14.2. The number of rotatable bonds is 3. The van der Waals surface area contributed by atoms with Crippen molar-refractivity contribution in [2.75, 3.05) is 0 Å². The van der Waals surface area contributed by atoms with E-state index in [9.17, 15) is 4.39 Å². The van der Waals surface area contributed by atoms with E-state index >= 15 is 0 Å². The summed E-state index contributed by atoms with van der Waals surface area (Å²) in [7, 11) is 0. The number of nitrogens with two attached hydrogens (primary N) is 1. The van der Waals surface area contributed by atoms with E-state index < -0.39 is 0 Å². The highest BCUT2D eigenvalue weighted by atomic mass is 19.1. The highest BCUT2D eigenvalue weighted by Crippen LogP contribution is 2.40. The van der Waals surface area contributed by atoms with Crippen LogP contribution in [-0.2, 0) is 11.8 Å². The van der Waals surface area contributed by atoms with Gasteiger partial charge in [0.15, 0.2) is 0 Å². The lowest BCUT2D eigenvalue weighted by Crippen LogP contribution is -2.45. The molecule has 1 aliphatic carbocycles. The largest absolute Gasteiger partial charge is 0.326 e. The van der Waals surface area contributed by atoms with Crippen molar-refractivity contribution in [2.24, 2.45) is 5.73 Å². The van der Waals surface area contributed by atoms with Gasteiger partial charge in [-0.3, -0.25) is 4.98 Å². The van der Waals surface area contributed by atoms with Crippen molar-refractivity contribution in [1.29, 1.82) is 0 Å². The highest BCUT2D eigenvalue weighted by molar-refractivity contribution is 5.34. The van der Waals surface area contributed by atoms with Crippen molar-refractivity contribution < 1.29 is 4.39 Å². The topological polar surface area (TPSA) is 38.9 Å². The molecule has 2 N–H and O–H groups in total. The maximum Gasteiger partial charge on any atom is 0.123 e. The molecule has 2 aromatic rings. The first-order valence-electron chi connectivity index (χ1n) is 7.45. The normalized spacial score (nSPS) is 19.3. The maximum atomic E-state index is 13.1. The number of halogens is 1. The molecule has 3 heteroatoms. The Labute approximate surface area is 125 Å². The molecular weight excluding hydrogens is 263 g/mol. The Bertz CT molecular complexity index is 634. The number of hydrogen-bond donors (Lipinski definition) is 1. The molecule has 0 aliphatic heterocycles. The predicted molar refractivity (Wildman–Crippen MR) is 82.7 cm³/mol. The fourth-order valence-electron chi connectivity index (χ4n) is 3.37. The summed E-state index contributed by atoms with van der Waals surface area (Å²) in [5.74, 6) is 0.0530. The van der Waals surface area contributed by atoms with Crippen LogP contribution in [0.3, 0.4) is 0 Å². The molecule has 0 saturated heterocycles. The van der Waals surface area contributed by atoms with Crippen molar-refractivity contribution in [3.05, 3.63) is 65.2 Å². The van der Waals surface area contributed by atoms with Gasteiger partial charge in [0.2, 0.25) is 0 Å². The van der Waals surface area contributed by atoms with Crippen molar-refractivity contribution in [2.45, 2.75) is 44.1 Å². The Hall–Kier alpha value is -1.74. The molecule has 1 aromatic carbocycles. The highest BCUT2D eigenvalue weighted by Gasteiger charge is 2.38. The quantitative estimate of drug-likeness (QED) is 0.936. The van der Waals surface area contributed by atoms with E-state index in [0.29, 0.717) is 0 Å². The average molecular weight is 284 g/mol. The summed E-state index contributed by atoms with van der Waals surface area (Å²) in [5.41, 5.74) is 9.91. The van der Waals surface area contributed by atoms with Crippen molar-refractivity contribution in [3.63, 3.8) is 0 Å². The van der Waals surface area contributed by atoms with Crippen molar-refractivity contribution in [3.8, 4) is 0 Å². The number of hydrogen-bond acceptors (Lipinski definition) is 2. The van der Waals surface area contributed by atoms with E-state index in [-0.39, 0.29) is 23.2 Å². The molecule has 0 spiro atoms. The molecule has 2 atom stereocenters. The predicted octanol–water partition coefficient (Wildman–Crippen LogP) is 3.56. The van der Waals surface area contributed by atoms with E-state index in [0.717, 1.165) is 24.1 Å². The molecule has 0 amide bonds. The Morgan fingerprint density at radius 1 is 1.24 bits per heavy atom. The van der Waals surface area contributed by atoms with Crippen molar-refractivity contribution in [1.82, 2.24) is 4.98 Å². The summed E-state index contributed by atoms with van der Waals surface area (Å²) < 4.78 is 13.1. The van der Waals surface area contributed by atoms with Crippen LogP contribution in [-0.4, -0.2) is 11.0 Å². The standard InChI is InChI=1S/C18H21FN2/c1-18(2,13-6-8-14(19)9-7-13)17(20)15-10-5-12-4-3-11-21-16(12)15/h3-4,6-9,11,15,17H,5,10,20H2,1-2H3. The van der Waals surface area contributed by atoms with Gasteiger partial charge in [-0.05, 0) is 42.2 Å². The Morgan fingerprint density at radius 3 is 2.67 bits per heavy atom. The van der Waals surface area contributed by atoms with Crippen LogP contribution >= 0.6 is 0 Å². The fraction of sp³-hybridized carbons (Fsp3) is 0.389. The molecule has 0 bridgehead atoms. The second-order valence-electron chi connectivity index (χ2n) is 6.45. The second-order valence-corrected chi connectivity index (χ2v) is 6.45. The van der Waals surface area contributed by atoms with E-state index in [2.05, 4.69) is 24.9 Å². The summed E-state index contributed by atoms with van der Waals surface area (Å²) in [6.45, 7) is 4.26. The smallest absolute Gasteiger partial charge is 0.123 e. The summed E-state index contributed by atoms with van der Waals surface area (Å²) in [6, 6.07) is 10.8. The zero-order chi connectivity index (χ0) is 15.0. The summed E-state index contributed by atoms with van der Waals surface area (Å²) >= 11 is 0. The fourth-order valence-corrected chi connectivity index (χ4v) is 3.37. The molecule has 1 aliphatic rings. The third-order valence-electron chi connectivity index (χ3n) is 4.86. The van der Waals surface area contributed by atoms with Crippen LogP contribution in [0.1, 0.15) is 43.0 Å². The first-order valence-corrected chi connectivity index (χ1v) is 7.45. The Balaban J connectivity index is 1.91. The van der Waals surface area contributed by atoms with Crippen LogP contribution in [0, 0.1) is 5.82 Å². The Morgan fingerprint density at radius 2 is 1.95 bits per heavy atom. The number of benzene rings is 1. The van der Waals surface area contributed by atoms with Gasteiger partial charge in [0, 0.05) is 29.3 Å². The Kier molecular flexibility index (Phi) is 3.54. The van der Waals surface area contributed by atoms with Crippen LogP contribution < -0.4 is 5.73 Å². The molecule has 1 aromatic heterocycles. The zero-order valence-corrected chi connectivity index (χ0v) is 12.5. The molecule has 0 fully saturated rings. The summed E-state index contributed by atoms with van der Waals surface area (Å²) in [4.78, 5) is 4.54. The molecule has 0 saturated carbocycles. The molecule has 1 heterocycles. The summed E-state index contributed by atoms with van der Waals surface area (Å²) in [5, 5.41) is 0. The van der Waals surface area contributed by atoms with Gasteiger partial charge in [-0.2, -0.15) is 0 Å². The lowest BCUT2D eigenvalue weighted by atomic mass is 9.72. The van der Waals surface area contributed by atoms with Gasteiger partial charge in [0.1, 0.15) is 5.82 Å². The third-order valence-corrected chi connectivity index (χ3v) is 4.86.